The maximum atomic E-state index is 13.6. The Labute approximate surface area is 283 Å². The van der Waals surface area contributed by atoms with E-state index in [2.05, 4.69) is 9.97 Å². The Morgan fingerprint density at radius 1 is 1.14 bits per heavy atom. The number of aliphatic hydroxyl groups excluding tert-OH is 1. The molecule has 13 nitrogen and oxygen atoms in total. The van der Waals surface area contributed by atoms with Crippen molar-refractivity contribution in [2.24, 2.45) is 29.6 Å². The van der Waals surface area contributed by atoms with Crippen LogP contribution >= 0.6 is 0 Å². The number of ether oxygens (including phenoxy) is 6. The molecule has 13 heteroatoms. The van der Waals surface area contributed by atoms with Crippen LogP contribution in [-0.4, -0.2) is 88.3 Å². The summed E-state index contributed by atoms with van der Waals surface area (Å²) in [6, 6.07) is 6.62. The number of nitrogens with one attached hydrogen (secondary N) is 1. The second-order valence-electron chi connectivity index (χ2n) is 13.4. The molecule has 262 valence electrons. The summed E-state index contributed by atoms with van der Waals surface area (Å²) in [5, 5.41) is 11.9. The maximum Gasteiger partial charge on any atom is 0.417 e. The highest BCUT2D eigenvalue weighted by atomic mass is 16.6. The van der Waals surface area contributed by atoms with E-state index in [0.717, 1.165) is 5.57 Å². The third-order valence-electron chi connectivity index (χ3n) is 10.5. The molecule has 2 N–H and O–H groups in total. The minimum atomic E-state index is -1.23. The quantitative estimate of drug-likeness (QED) is 0.190. The molecule has 2 aliphatic heterocycles. The number of nitrogens with zero attached hydrogens (tertiary/aromatic N) is 1. The van der Waals surface area contributed by atoms with Crippen molar-refractivity contribution < 1.29 is 52.7 Å². The highest BCUT2D eigenvalue weighted by molar-refractivity contribution is 6.29. The SMILES string of the molecule is CO[C@H]1C[C@H]2C=CC3C4[C@H](O)[C@@H](C)[C@@H](OC(=O)c5ccc[nH]5)[C@@H]3O[C@]42/C(C)=C/[C@@H](C)[C@@H]([C@@H](C)OC(=O)C(=O)OCc2ccncc2)OC1=O. The lowest BCUT2D eigenvalue weighted by atomic mass is 9.57. The van der Waals surface area contributed by atoms with Gasteiger partial charge < -0.3 is 38.5 Å². The summed E-state index contributed by atoms with van der Waals surface area (Å²) in [5.74, 6) is -5.72. The second kappa shape index (κ2) is 13.9. The zero-order valence-corrected chi connectivity index (χ0v) is 28.0. The van der Waals surface area contributed by atoms with Gasteiger partial charge in [-0.3, -0.25) is 4.98 Å². The molecule has 4 aliphatic rings. The minimum absolute atomic E-state index is 0.144. The molecule has 49 heavy (non-hydrogen) atoms. The standard InChI is InChI=1S/C36H42N2O11/c1-18-15-19(2)36-23(8-9-24-27(36)28(39)20(3)30(31(24)49-36)48-32(40)25-7-6-12-38-25)16-26(44-5)33(41)47-29(18)21(4)46-35(43)34(42)45-17-22-10-13-37-14-11-22/h6-15,18,20-21,23-24,26-31,38-39H,16-17H2,1-5H3/b19-15+/t18-,20-,21-,23-,24?,26+,27?,28-,29+,30-,31-,36+/m1/s1. The number of hydrogen-bond donors (Lipinski definition) is 2. The van der Waals surface area contributed by atoms with Gasteiger partial charge in [-0.05, 0) is 55.7 Å². The largest absolute Gasteiger partial charge is 0.456 e. The number of carbonyl (C=O) groups is 4. The first-order valence-electron chi connectivity index (χ1n) is 16.5. The molecule has 6 rings (SSSR count). The van der Waals surface area contributed by atoms with Gasteiger partial charge in [0.05, 0.1) is 6.10 Å². The first kappa shape index (κ1) is 34.5. The van der Waals surface area contributed by atoms with E-state index in [-0.39, 0.29) is 18.9 Å². The zero-order valence-electron chi connectivity index (χ0n) is 28.0. The summed E-state index contributed by atoms with van der Waals surface area (Å²) in [6.07, 6.45) is 5.44. The van der Waals surface area contributed by atoms with Crippen molar-refractivity contribution in [3.8, 4) is 0 Å². The number of carbonyl (C=O) groups excluding carboxylic acids is 4. The number of pyridine rings is 1. The van der Waals surface area contributed by atoms with E-state index < -0.39 is 89.8 Å². The molecule has 1 saturated carbocycles. The van der Waals surface area contributed by atoms with Crippen molar-refractivity contribution in [1.82, 2.24) is 9.97 Å². The molecule has 2 aromatic heterocycles. The molecular weight excluding hydrogens is 636 g/mol. The molecule has 2 unspecified atom stereocenters. The molecule has 0 aromatic carbocycles. The molecule has 2 aromatic rings. The van der Waals surface area contributed by atoms with Crippen molar-refractivity contribution in [3.63, 3.8) is 0 Å². The monoisotopic (exact) mass is 678 g/mol. The van der Waals surface area contributed by atoms with Gasteiger partial charge in [0.2, 0.25) is 0 Å². The number of aliphatic hydroxyl groups is 1. The van der Waals surface area contributed by atoms with Crippen molar-refractivity contribution in [3.05, 3.63) is 77.9 Å². The zero-order chi connectivity index (χ0) is 35.0. The van der Waals surface area contributed by atoms with E-state index in [1.807, 2.05) is 32.1 Å². The van der Waals surface area contributed by atoms with Crippen molar-refractivity contribution in [1.29, 1.82) is 0 Å². The molecule has 12 atom stereocenters. The van der Waals surface area contributed by atoms with Crippen LogP contribution in [0.15, 0.2) is 66.7 Å². The second-order valence-corrected chi connectivity index (χ2v) is 13.4. The topological polar surface area (TPSA) is 173 Å². The van der Waals surface area contributed by atoms with E-state index in [1.165, 1.54) is 26.4 Å². The Bertz CT molecular complexity index is 1610. The minimum Gasteiger partial charge on any atom is -0.456 e. The first-order chi connectivity index (χ1) is 23.5. The van der Waals surface area contributed by atoms with Crippen molar-refractivity contribution in [2.45, 2.75) is 82.9 Å². The Morgan fingerprint density at radius 3 is 2.59 bits per heavy atom. The molecule has 0 radical (unpaired) electrons. The number of cyclic esters (lactones) is 1. The van der Waals surface area contributed by atoms with E-state index >= 15 is 0 Å². The predicted molar refractivity (Wildman–Crippen MR) is 170 cm³/mol. The Hall–Kier alpha value is -4.33. The number of H-pyrrole nitrogens is 1. The van der Waals surface area contributed by atoms with Crippen LogP contribution in [0.25, 0.3) is 0 Å². The van der Waals surface area contributed by atoms with E-state index in [4.69, 9.17) is 28.4 Å². The van der Waals surface area contributed by atoms with Gasteiger partial charge in [0.1, 0.15) is 42.3 Å². The van der Waals surface area contributed by atoms with Crippen molar-refractivity contribution >= 4 is 23.9 Å². The van der Waals surface area contributed by atoms with E-state index in [9.17, 15) is 24.3 Å². The third kappa shape index (κ3) is 6.30. The average molecular weight is 679 g/mol. The van der Waals surface area contributed by atoms with Crippen LogP contribution in [0, 0.1) is 29.6 Å². The smallest absolute Gasteiger partial charge is 0.417 e. The fourth-order valence-corrected chi connectivity index (χ4v) is 8.10. The number of aromatic nitrogens is 2. The molecule has 2 aliphatic carbocycles. The first-order valence-corrected chi connectivity index (χ1v) is 16.5. The molecule has 1 saturated heterocycles. The Balaban J connectivity index is 1.27. The maximum absolute atomic E-state index is 13.6. The van der Waals surface area contributed by atoms with Crippen molar-refractivity contribution in [2.75, 3.05) is 7.11 Å². The van der Waals surface area contributed by atoms with Gasteiger partial charge in [-0.15, -0.1) is 0 Å². The number of methoxy groups -OCH3 is 1. The normalized spacial score (nSPS) is 36.7. The number of rotatable bonds is 7. The molecule has 2 fully saturated rings. The van der Waals surface area contributed by atoms with E-state index in [1.54, 1.807) is 37.4 Å². The van der Waals surface area contributed by atoms with Gasteiger partial charge >= 0.3 is 23.9 Å². The Kier molecular flexibility index (Phi) is 9.79. The molecular formula is C36H42N2O11. The lowest BCUT2D eigenvalue weighted by Gasteiger charge is -2.48. The predicted octanol–water partition coefficient (Wildman–Crippen LogP) is 3.09. The van der Waals surface area contributed by atoms with Crippen LogP contribution in [-0.2, 0) is 49.4 Å². The van der Waals surface area contributed by atoms with E-state index in [0.29, 0.717) is 11.3 Å². The van der Waals surface area contributed by atoms with Gasteiger partial charge in [0.15, 0.2) is 6.10 Å². The summed E-state index contributed by atoms with van der Waals surface area (Å²) in [5.41, 5.74) is 0.646. The van der Waals surface area contributed by atoms with Gasteiger partial charge in [0.25, 0.3) is 0 Å². The number of aromatic amines is 1. The summed E-state index contributed by atoms with van der Waals surface area (Å²) >= 11 is 0. The molecule has 4 bridgehead atoms. The van der Waals surface area contributed by atoms with Crippen LogP contribution in [0.3, 0.4) is 0 Å². The molecule has 0 amide bonds. The molecule has 4 heterocycles. The van der Waals surface area contributed by atoms with Crippen LogP contribution in [0.1, 0.15) is 50.2 Å². The summed E-state index contributed by atoms with van der Waals surface area (Å²) in [6.45, 7) is 6.95. The fourth-order valence-electron chi connectivity index (χ4n) is 8.10. The summed E-state index contributed by atoms with van der Waals surface area (Å²) in [7, 11) is 1.41. The molecule has 1 spiro atoms. The average Bonchev–Trinajstić information content (AvgIpc) is 3.70. The third-order valence-corrected chi connectivity index (χ3v) is 10.5. The van der Waals surface area contributed by atoms with Gasteiger partial charge in [-0.2, -0.15) is 0 Å². The van der Waals surface area contributed by atoms with Crippen LogP contribution in [0.2, 0.25) is 0 Å². The fraction of sp³-hybridized carbons (Fsp3) is 0.528. The van der Waals surface area contributed by atoms with Crippen LogP contribution in [0.4, 0.5) is 0 Å². The van der Waals surface area contributed by atoms with Gasteiger partial charge in [-0.1, -0.05) is 32.1 Å². The summed E-state index contributed by atoms with van der Waals surface area (Å²) < 4.78 is 35.2. The van der Waals surface area contributed by atoms with Crippen LogP contribution < -0.4 is 0 Å². The number of esters is 4. The lowest BCUT2D eigenvalue weighted by Crippen LogP contribution is -2.57. The number of hydrogen-bond acceptors (Lipinski definition) is 12. The van der Waals surface area contributed by atoms with Crippen LogP contribution in [0.5, 0.6) is 0 Å². The Morgan fingerprint density at radius 2 is 1.90 bits per heavy atom. The lowest BCUT2D eigenvalue weighted by molar-refractivity contribution is -0.184. The van der Waals surface area contributed by atoms with Gasteiger partial charge in [0, 0.05) is 55.3 Å². The highest BCUT2D eigenvalue weighted by Gasteiger charge is 2.69. The summed E-state index contributed by atoms with van der Waals surface area (Å²) in [4.78, 5) is 58.7. The van der Waals surface area contributed by atoms with Gasteiger partial charge in [-0.25, -0.2) is 19.2 Å². The highest BCUT2D eigenvalue weighted by Crippen LogP contribution is 2.61.